The molecule has 11 nitrogen and oxygen atoms in total. The van der Waals surface area contributed by atoms with Gasteiger partial charge in [-0.2, -0.15) is 0 Å². The zero-order chi connectivity index (χ0) is 27.6. The van der Waals surface area contributed by atoms with Gasteiger partial charge in [0.05, 0.1) is 17.3 Å². The van der Waals surface area contributed by atoms with Crippen molar-refractivity contribution in [1.82, 2.24) is 4.90 Å². The quantitative estimate of drug-likeness (QED) is 0.220. The molecule has 4 atom stereocenters. The molecular formula is C26H31N3O8. The Kier molecular flexibility index (Phi) is 6.41. The first-order chi connectivity index (χ1) is 17.2. The number of hydrogen-bond donors (Lipinski definition) is 5. The molecule has 1 aromatic carbocycles. The van der Waals surface area contributed by atoms with Gasteiger partial charge in [-0.05, 0) is 71.3 Å². The van der Waals surface area contributed by atoms with Crippen LogP contribution in [0.25, 0.3) is 0 Å². The summed E-state index contributed by atoms with van der Waals surface area (Å²) in [5.41, 5.74) is 3.10. The summed E-state index contributed by atoms with van der Waals surface area (Å²) in [5.74, 6) is -6.86. The number of ketones is 2. The Labute approximate surface area is 213 Å². The summed E-state index contributed by atoms with van der Waals surface area (Å²) in [5, 5.41) is 48.5. The minimum Gasteiger partial charge on any atom is -0.510 e. The molecule has 1 aromatic rings. The summed E-state index contributed by atoms with van der Waals surface area (Å²) < 4.78 is 0. The number of phenols is 1. The van der Waals surface area contributed by atoms with Crippen molar-refractivity contribution >= 4 is 23.2 Å². The van der Waals surface area contributed by atoms with Crippen LogP contribution >= 0.6 is 0 Å². The number of carbonyl (C=O) groups excluding carboxylic acids is 3. The molecule has 4 rings (SSSR count). The number of nitrogens with zero attached hydrogens (tertiary/aromatic N) is 2. The first-order valence-electron chi connectivity index (χ1n) is 11.9. The van der Waals surface area contributed by atoms with Crippen molar-refractivity contribution in [2.75, 3.05) is 14.1 Å². The topological polar surface area (TPSA) is 183 Å². The maximum atomic E-state index is 13.7. The zero-order valence-electron chi connectivity index (χ0n) is 21.3. The molecule has 1 amide bonds. The Balaban J connectivity index is 1.92. The third-order valence-corrected chi connectivity index (χ3v) is 7.40. The lowest BCUT2D eigenvalue weighted by Crippen LogP contribution is -2.63. The van der Waals surface area contributed by atoms with Crippen LogP contribution in [-0.4, -0.2) is 80.4 Å². The second-order valence-electron chi connectivity index (χ2n) is 10.3. The Morgan fingerprint density at radius 1 is 1.22 bits per heavy atom. The maximum absolute atomic E-state index is 13.7. The summed E-state index contributed by atoms with van der Waals surface area (Å²) in [7, 11) is 3.16. The molecule has 0 bridgehead atoms. The number of aliphatic hydroxyl groups is 3. The van der Waals surface area contributed by atoms with Gasteiger partial charge in [-0.25, -0.2) is 0 Å². The molecule has 0 saturated carbocycles. The van der Waals surface area contributed by atoms with E-state index in [1.165, 1.54) is 11.0 Å². The van der Waals surface area contributed by atoms with Gasteiger partial charge in [-0.15, -0.1) is 0 Å². The van der Waals surface area contributed by atoms with Crippen LogP contribution in [0.3, 0.4) is 0 Å². The highest BCUT2D eigenvalue weighted by Crippen LogP contribution is 2.52. The van der Waals surface area contributed by atoms with E-state index in [2.05, 4.69) is 5.16 Å². The van der Waals surface area contributed by atoms with Crippen LogP contribution in [0.4, 0.5) is 0 Å². The lowest BCUT2D eigenvalue weighted by molar-refractivity contribution is -0.148. The molecule has 0 aliphatic heterocycles. The monoisotopic (exact) mass is 513 g/mol. The van der Waals surface area contributed by atoms with Gasteiger partial charge in [0.2, 0.25) is 5.78 Å². The molecule has 198 valence electrons. The molecular weight excluding hydrogens is 482 g/mol. The number of benzene rings is 1. The van der Waals surface area contributed by atoms with Crippen LogP contribution in [0.1, 0.15) is 48.7 Å². The molecule has 0 heterocycles. The summed E-state index contributed by atoms with van der Waals surface area (Å²) in [6.07, 6.45) is 0.0108. The minimum atomic E-state index is -2.67. The van der Waals surface area contributed by atoms with Crippen molar-refractivity contribution in [3.8, 4) is 5.75 Å². The summed E-state index contributed by atoms with van der Waals surface area (Å²) in [4.78, 5) is 45.9. The number of aromatic hydroxyl groups is 1. The highest BCUT2D eigenvalue weighted by Gasteiger charge is 2.63. The van der Waals surface area contributed by atoms with Crippen molar-refractivity contribution in [1.29, 1.82) is 0 Å². The standard InChI is InChI=1S/C26H31N3O8/c1-10(2)37-28-11(3)13-6-7-16(30)18-14(13)8-12-9-15-20(29(4)5)22(32)19(25(27)35)24(34)26(15,36)23(33)17(12)21(18)31/h6-7,10,12,15,20,30,32-33,36H,8-9H2,1-5H3,(H2,27,35)/b28-11-/t12-,15-,20?,26-/m1/s1. The van der Waals surface area contributed by atoms with Gasteiger partial charge in [0.15, 0.2) is 11.4 Å². The smallest absolute Gasteiger partial charge is 0.255 e. The number of likely N-dealkylation sites (N-methyl/N-ethyl adjacent to an activating group) is 1. The van der Waals surface area contributed by atoms with E-state index in [1.807, 2.05) is 13.8 Å². The molecule has 0 fully saturated rings. The number of rotatable bonds is 5. The average Bonchev–Trinajstić information content (AvgIpc) is 2.79. The SMILES string of the molecule is C/C(=N/OC(C)C)c1ccc(O)c2c1C[C@@H]1C[C@@H]3C(N(C)C)C(O)=C(C(N)=O)C(=O)[C@]3(O)C(O)=C1C2=O. The average molecular weight is 514 g/mol. The van der Waals surface area contributed by atoms with Crippen LogP contribution in [0, 0.1) is 11.8 Å². The number of aliphatic hydroxyl groups excluding tert-OH is 2. The van der Waals surface area contributed by atoms with Crippen molar-refractivity contribution in [2.45, 2.75) is 51.4 Å². The highest BCUT2D eigenvalue weighted by molar-refractivity contribution is 6.25. The number of phenolic OH excluding ortho intramolecular Hbond substituents is 1. The first kappa shape index (κ1) is 26.4. The number of fused-ring (bicyclic) bond motifs is 3. The largest absolute Gasteiger partial charge is 0.510 e. The first-order valence-corrected chi connectivity index (χ1v) is 11.9. The van der Waals surface area contributed by atoms with Gasteiger partial charge < -0.3 is 31.0 Å². The van der Waals surface area contributed by atoms with Gasteiger partial charge in [0, 0.05) is 17.1 Å². The van der Waals surface area contributed by atoms with Crippen molar-refractivity contribution in [3.05, 3.63) is 51.5 Å². The molecule has 1 unspecified atom stereocenters. The number of nitrogens with two attached hydrogens (primary N) is 1. The number of Topliss-reactive ketones (excluding diaryl/α,β-unsaturated/α-hetero) is 2. The Bertz CT molecular complexity index is 1310. The maximum Gasteiger partial charge on any atom is 0.255 e. The Hall–Kier alpha value is -3.70. The Morgan fingerprint density at radius 2 is 1.86 bits per heavy atom. The van der Waals surface area contributed by atoms with Gasteiger partial charge in [0.25, 0.3) is 5.91 Å². The molecule has 37 heavy (non-hydrogen) atoms. The van der Waals surface area contributed by atoms with E-state index < -0.39 is 58.0 Å². The van der Waals surface area contributed by atoms with Crippen LogP contribution in [-0.2, 0) is 20.8 Å². The van der Waals surface area contributed by atoms with Gasteiger partial charge in [-0.1, -0.05) is 5.16 Å². The molecule has 0 saturated heterocycles. The van der Waals surface area contributed by atoms with Crippen LogP contribution in [0.2, 0.25) is 0 Å². The van der Waals surface area contributed by atoms with Crippen LogP contribution in [0.15, 0.2) is 40.0 Å². The third-order valence-electron chi connectivity index (χ3n) is 7.40. The van der Waals surface area contributed by atoms with E-state index in [0.29, 0.717) is 16.8 Å². The van der Waals surface area contributed by atoms with E-state index in [0.717, 1.165) is 0 Å². The number of primary amides is 1. The Morgan fingerprint density at radius 3 is 2.43 bits per heavy atom. The summed E-state index contributed by atoms with van der Waals surface area (Å²) in [6, 6.07) is 1.91. The van der Waals surface area contributed by atoms with Gasteiger partial charge in [-0.3, -0.25) is 19.3 Å². The molecule has 0 aromatic heterocycles. The number of hydrogen-bond acceptors (Lipinski definition) is 10. The molecule has 0 spiro atoms. The van der Waals surface area contributed by atoms with Gasteiger partial charge in [0.1, 0.15) is 28.9 Å². The zero-order valence-corrected chi connectivity index (χ0v) is 21.3. The van der Waals surface area contributed by atoms with Gasteiger partial charge >= 0.3 is 0 Å². The molecule has 0 radical (unpaired) electrons. The van der Waals surface area contributed by atoms with E-state index in [4.69, 9.17) is 10.6 Å². The van der Waals surface area contributed by atoms with Crippen molar-refractivity contribution < 1.29 is 39.6 Å². The molecule has 6 N–H and O–H groups in total. The predicted octanol–water partition coefficient (Wildman–Crippen LogP) is 1.27. The fourth-order valence-corrected chi connectivity index (χ4v) is 5.82. The summed E-state index contributed by atoms with van der Waals surface area (Å²) in [6.45, 7) is 5.34. The third kappa shape index (κ3) is 3.80. The predicted molar refractivity (Wildman–Crippen MR) is 132 cm³/mol. The van der Waals surface area contributed by atoms with Crippen LogP contribution < -0.4 is 5.73 Å². The lowest BCUT2D eigenvalue weighted by atomic mass is 9.58. The lowest BCUT2D eigenvalue weighted by Gasteiger charge is -2.50. The van der Waals surface area contributed by atoms with E-state index in [1.54, 1.807) is 27.1 Å². The van der Waals surface area contributed by atoms with Crippen LogP contribution in [0.5, 0.6) is 5.75 Å². The second-order valence-corrected chi connectivity index (χ2v) is 10.3. The van der Waals surface area contributed by atoms with E-state index >= 15 is 0 Å². The van der Waals surface area contributed by atoms with E-state index in [-0.39, 0.29) is 35.8 Å². The molecule has 3 aliphatic carbocycles. The van der Waals surface area contributed by atoms with Crippen molar-refractivity contribution in [3.63, 3.8) is 0 Å². The molecule has 3 aliphatic rings. The highest BCUT2D eigenvalue weighted by atomic mass is 16.6. The number of carbonyl (C=O) groups is 3. The number of amides is 1. The fourth-order valence-electron chi connectivity index (χ4n) is 5.82. The normalized spacial score (nSPS) is 27.9. The second kappa shape index (κ2) is 9.00. The van der Waals surface area contributed by atoms with E-state index in [9.17, 15) is 34.8 Å². The molecule has 11 heteroatoms. The number of allylic oxidation sites excluding steroid dienone is 1. The van der Waals surface area contributed by atoms with Crippen molar-refractivity contribution in [2.24, 2.45) is 22.7 Å². The fraction of sp³-hybridized carbons (Fsp3) is 0.462. The summed E-state index contributed by atoms with van der Waals surface area (Å²) >= 11 is 0. The minimum absolute atomic E-state index is 0.0134. The number of oxime groups is 1.